The van der Waals surface area contributed by atoms with Crippen LogP contribution in [0, 0.1) is 11.7 Å². The van der Waals surface area contributed by atoms with E-state index in [0.717, 1.165) is 37.2 Å². The minimum absolute atomic E-state index is 0.161. The number of carbonyl (C=O) groups is 1. The molecule has 1 aliphatic rings. The van der Waals surface area contributed by atoms with Crippen LogP contribution in [0.4, 0.5) is 4.39 Å². The van der Waals surface area contributed by atoms with Gasteiger partial charge in [0.25, 0.3) is 5.91 Å². The third-order valence-corrected chi connectivity index (χ3v) is 6.91. The van der Waals surface area contributed by atoms with Gasteiger partial charge >= 0.3 is 0 Å². The molecule has 2 aromatic heterocycles. The van der Waals surface area contributed by atoms with Crippen molar-refractivity contribution < 1.29 is 18.7 Å². The highest BCUT2D eigenvalue weighted by Crippen LogP contribution is 2.31. The number of benzene rings is 2. The number of amides is 1. The number of halogens is 2. The highest BCUT2D eigenvalue weighted by molar-refractivity contribution is 6.32. The topological polar surface area (TPSA) is 91.2 Å². The number of nitrogens with one attached hydrogen (secondary N) is 1. The number of hydrogen-bond acceptors (Lipinski definition) is 6. The van der Waals surface area contributed by atoms with Crippen molar-refractivity contribution in [2.75, 3.05) is 20.3 Å². The predicted molar refractivity (Wildman–Crippen MR) is 137 cm³/mol. The molecule has 37 heavy (non-hydrogen) atoms. The van der Waals surface area contributed by atoms with Gasteiger partial charge in [-0.25, -0.2) is 14.4 Å². The van der Waals surface area contributed by atoms with Crippen LogP contribution in [-0.2, 0) is 18.2 Å². The molecular formula is C27H27ClFN5O3. The average molecular weight is 524 g/mol. The Balaban J connectivity index is 1.44. The van der Waals surface area contributed by atoms with Crippen LogP contribution in [0.5, 0.6) is 5.75 Å². The van der Waals surface area contributed by atoms with Crippen LogP contribution in [-0.4, -0.2) is 46.0 Å². The van der Waals surface area contributed by atoms with E-state index in [2.05, 4.69) is 20.4 Å². The minimum Gasteiger partial charge on any atom is -0.495 e. The number of fused-ring (bicyclic) bond motifs is 1. The summed E-state index contributed by atoms with van der Waals surface area (Å²) >= 11 is 6.36. The van der Waals surface area contributed by atoms with Crippen LogP contribution in [0.3, 0.4) is 0 Å². The molecule has 1 amide bonds. The van der Waals surface area contributed by atoms with Gasteiger partial charge in [0.05, 0.1) is 35.3 Å². The summed E-state index contributed by atoms with van der Waals surface area (Å²) in [5.74, 6) is 0.586. The molecule has 1 atom stereocenters. The number of ether oxygens (including phenoxy) is 2. The first-order valence-corrected chi connectivity index (χ1v) is 12.4. The van der Waals surface area contributed by atoms with Crippen molar-refractivity contribution in [1.82, 2.24) is 25.1 Å². The van der Waals surface area contributed by atoms with Crippen molar-refractivity contribution in [2.45, 2.75) is 25.3 Å². The number of aromatic nitrogens is 4. The van der Waals surface area contributed by atoms with E-state index in [9.17, 15) is 9.18 Å². The molecule has 1 N–H and O–H groups in total. The van der Waals surface area contributed by atoms with Crippen molar-refractivity contribution in [3.05, 3.63) is 82.3 Å². The highest BCUT2D eigenvalue weighted by atomic mass is 35.5. The van der Waals surface area contributed by atoms with Gasteiger partial charge in [0, 0.05) is 50.2 Å². The molecule has 5 rings (SSSR count). The van der Waals surface area contributed by atoms with Gasteiger partial charge < -0.3 is 14.8 Å². The third kappa shape index (κ3) is 5.57. The zero-order valence-electron chi connectivity index (χ0n) is 20.6. The van der Waals surface area contributed by atoms with Crippen molar-refractivity contribution in [1.29, 1.82) is 0 Å². The Morgan fingerprint density at radius 3 is 2.76 bits per heavy atom. The van der Waals surface area contributed by atoms with Crippen LogP contribution < -0.4 is 10.1 Å². The van der Waals surface area contributed by atoms with E-state index in [1.165, 1.54) is 19.4 Å². The SMILES string of the molecule is COc1ccc([C@H](NC(=O)c2cc(F)c3cnc(CC4CCOCC4)nc3c2)c2cnn(C)c2)cc1Cl. The minimum atomic E-state index is -0.571. The van der Waals surface area contributed by atoms with Gasteiger partial charge in [-0.1, -0.05) is 17.7 Å². The first-order valence-electron chi connectivity index (χ1n) is 12.1. The molecule has 0 saturated carbocycles. The van der Waals surface area contributed by atoms with E-state index in [4.69, 9.17) is 21.1 Å². The fourth-order valence-electron chi connectivity index (χ4n) is 4.59. The molecule has 2 aromatic carbocycles. The summed E-state index contributed by atoms with van der Waals surface area (Å²) in [4.78, 5) is 22.3. The van der Waals surface area contributed by atoms with Crippen LogP contribution in [0.15, 0.2) is 48.9 Å². The second kappa shape index (κ2) is 10.8. The van der Waals surface area contributed by atoms with Crippen molar-refractivity contribution in [3.8, 4) is 5.75 Å². The number of aryl methyl sites for hydroxylation is 1. The molecule has 0 aliphatic carbocycles. The summed E-state index contributed by atoms with van der Waals surface area (Å²) in [5.41, 5.74) is 2.04. The number of nitrogens with zero attached hydrogens (tertiary/aromatic N) is 4. The molecule has 1 aliphatic heterocycles. The summed E-state index contributed by atoms with van der Waals surface area (Å²) < 4.78 is 27.3. The summed E-state index contributed by atoms with van der Waals surface area (Å²) in [5, 5.41) is 7.92. The van der Waals surface area contributed by atoms with Crippen LogP contribution >= 0.6 is 11.6 Å². The predicted octanol–water partition coefficient (Wildman–Crippen LogP) is 4.65. The fourth-order valence-corrected chi connectivity index (χ4v) is 4.86. The molecule has 4 aromatic rings. The Labute approximate surface area is 218 Å². The van der Waals surface area contributed by atoms with Crippen LogP contribution in [0.2, 0.25) is 5.02 Å². The largest absolute Gasteiger partial charge is 0.495 e. The number of carbonyl (C=O) groups excluding carboxylic acids is 1. The smallest absolute Gasteiger partial charge is 0.252 e. The standard InChI is InChI=1S/C27H27ClFN5O3/c1-34-15-19(13-31-34)26(17-3-4-24(36-2)21(28)10-17)33-27(35)18-11-22(29)20-14-30-25(32-23(20)12-18)9-16-5-7-37-8-6-16/h3-4,10-16,26H,5-9H2,1-2H3,(H,33,35)/t26-/m0/s1. The maximum Gasteiger partial charge on any atom is 0.252 e. The maximum atomic E-state index is 15.0. The van der Waals surface area contributed by atoms with Gasteiger partial charge in [0.2, 0.25) is 0 Å². The molecule has 8 nitrogen and oxygen atoms in total. The van der Waals surface area contributed by atoms with Crippen molar-refractivity contribution in [3.63, 3.8) is 0 Å². The quantitative estimate of drug-likeness (QED) is 0.379. The van der Waals surface area contributed by atoms with Gasteiger partial charge in [-0.3, -0.25) is 9.48 Å². The van der Waals surface area contributed by atoms with E-state index >= 15 is 0 Å². The molecule has 1 saturated heterocycles. The third-order valence-electron chi connectivity index (χ3n) is 6.62. The van der Waals surface area contributed by atoms with Gasteiger partial charge in [0.15, 0.2) is 0 Å². The molecule has 0 bridgehead atoms. The van der Waals surface area contributed by atoms with Gasteiger partial charge in [-0.05, 0) is 48.6 Å². The van der Waals surface area contributed by atoms with E-state index < -0.39 is 17.8 Å². The lowest BCUT2D eigenvalue weighted by Gasteiger charge is -2.21. The Hall–Kier alpha value is -3.56. The summed E-state index contributed by atoms with van der Waals surface area (Å²) in [6.07, 6.45) is 7.55. The first kappa shape index (κ1) is 25.1. The fraction of sp³-hybridized carbons (Fsp3) is 0.333. The zero-order chi connectivity index (χ0) is 25.9. The number of methoxy groups -OCH3 is 1. The summed E-state index contributed by atoms with van der Waals surface area (Å²) in [6.45, 7) is 1.46. The number of hydrogen-bond donors (Lipinski definition) is 1. The Morgan fingerprint density at radius 1 is 1.24 bits per heavy atom. The molecule has 0 radical (unpaired) electrons. The Kier molecular flexibility index (Phi) is 7.34. The lowest BCUT2D eigenvalue weighted by molar-refractivity contribution is 0.0660. The lowest BCUT2D eigenvalue weighted by Crippen LogP contribution is -2.29. The number of rotatable bonds is 7. The second-order valence-corrected chi connectivity index (χ2v) is 9.59. The zero-order valence-corrected chi connectivity index (χ0v) is 21.3. The molecule has 1 fully saturated rings. The van der Waals surface area contributed by atoms with Crippen LogP contribution in [0.25, 0.3) is 10.9 Å². The highest BCUT2D eigenvalue weighted by Gasteiger charge is 2.22. The molecule has 10 heteroatoms. The van der Waals surface area contributed by atoms with E-state index in [-0.39, 0.29) is 10.9 Å². The summed E-state index contributed by atoms with van der Waals surface area (Å²) in [6, 6.07) is 7.52. The lowest BCUT2D eigenvalue weighted by atomic mass is 9.96. The normalized spacial score (nSPS) is 15.0. The Bertz CT molecular complexity index is 1440. The van der Waals surface area contributed by atoms with Gasteiger partial charge in [-0.15, -0.1) is 0 Å². The van der Waals surface area contributed by atoms with Crippen molar-refractivity contribution >= 4 is 28.4 Å². The maximum absolute atomic E-state index is 15.0. The molecule has 3 heterocycles. The molecule has 192 valence electrons. The van der Waals surface area contributed by atoms with Gasteiger partial charge in [0.1, 0.15) is 17.4 Å². The Morgan fingerprint density at radius 2 is 2.05 bits per heavy atom. The van der Waals surface area contributed by atoms with Crippen molar-refractivity contribution in [2.24, 2.45) is 13.0 Å². The average Bonchev–Trinajstić information content (AvgIpc) is 3.33. The van der Waals surface area contributed by atoms with E-state index in [1.54, 1.807) is 42.3 Å². The van der Waals surface area contributed by atoms with E-state index in [0.29, 0.717) is 34.5 Å². The van der Waals surface area contributed by atoms with Crippen LogP contribution in [0.1, 0.15) is 46.2 Å². The second-order valence-electron chi connectivity index (χ2n) is 9.18. The molecule has 0 unspecified atom stereocenters. The van der Waals surface area contributed by atoms with E-state index in [1.807, 2.05) is 6.07 Å². The molecular weight excluding hydrogens is 497 g/mol. The first-order chi connectivity index (χ1) is 17.9. The monoisotopic (exact) mass is 523 g/mol. The molecule has 0 spiro atoms. The van der Waals surface area contributed by atoms with Gasteiger partial charge in [-0.2, -0.15) is 5.10 Å². The summed E-state index contributed by atoms with van der Waals surface area (Å²) in [7, 11) is 3.33.